The first-order chi connectivity index (χ1) is 13.2. The van der Waals surface area contributed by atoms with Crippen molar-refractivity contribution in [2.75, 3.05) is 13.6 Å². The van der Waals surface area contributed by atoms with E-state index in [0.29, 0.717) is 12.0 Å². The van der Waals surface area contributed by atoms with Gasteiger partial charge in [-0.2, -0.15) is 0 Å². The van der Waals surface area contributed by atoms with E-state index in [9.17, 15) is 4.79 Å². The maximum atomic E-state index is 11.9. The lowest BCUT2D eigenvalue weighted by atomic mass is 9.91. The Balaban J connectivity index is 1.67. The van der Waals surface area contributed by atoms with Crippen LogP contribution in [0.4, 0.5) is 4.79 Å². The number of guanidine groups is 1. The summed E-state index contributed by atoms with van der Waals surface area (Å²) in [7, 11) is 1.81. The smallest absolute Gasteiger partial charge is 0.407 e. The molecule has 1 fully saturated rings. The van der Waals surface area contributed by atoms with Crippen molar-refractivity contribution in [3.8, 4) is 0 Å². The third-order valence-electron chi connectivity index (χ3n) is 4.76. The highest BCUT2D eigenvalue weighted by atomic mass is 32.1. The molecule has 1 aliphatic carbocycles. The van der Waals surface area contributed by atoms with Crippen LogP contribution in [0, 0.1) is 5.92 Å². The summed E-state index contributed by atoms with van der Waals surface area (Å²) in [5.74, 6) is 1.41. The van der Waals surface area contributed by atoms with Crippen molar-refractivity contribution in [2.45, 2.75) is 77.5 Å². The van der Waals surface area contributed by atoms with Gasteiger partial charge in [0.2, 0.25) is 0 Å². The van der Waals surface area contributed by atoms with Crippen LogP contribution in [0.3, 0.4) is 0 Å². The fourth-order valence-electron chi connectivity index (χ4n) is 3.36. The highest BCUT2D eigenvalue weighted by Crippen LogP contribution is 2.19. The van der Waals surface area contributed by atoms with Crippen molar-refractivity contribution in [3.63, 3.8) is 0 Å². The summed E-state index contributed by atoms with van der Waals surface area (Å²) in [6.07, 6.45) is 4.67. The van der Waals surface area contributed by atoms with Gasteiger partial charge in [0.1, 0.15) is 5.60 Å². The Labute approximate surface area is 173 Å². The van der Waals surface area contributed by atoms with Gasteiger partial charge in [0.15, 0.2) is 5.96 Å². The van der Waals surface area contributed by atoms with Crippen molar-refractivity contribution in [2.24, 2.45) is 10.9 Å². The number of carbonyl (C=O) groups excluding carboxylic acids is 1. The Bertz CT molecular complexity index is 617. The largest absolute Gasteiger partial charge is 0.444 e. The minimum atomic E-state index is -0.457. The molecule has 0 aromatic carbocycles. The third kappa shape index (κ3) is 8.50. The van der Waals surface area contributed by atoms with E-state index in [1.165, 1.54) is 4.88 Å². The molecule has 1 aromatic rings. The molecule has 0 aliphatic heterocycles. The summed E-state index contributed by atoms with van der Waals surface area (Å²) in [6, 6.07) is 4.87. The molecule has 1 aliphatic rings. The number of aliphatic imine (C=N–C) groups is 1. The molecule has 3 N–H and O–H groups in total. The van der Waals surface area contributed by atoms with Crippen LogP contribution in [0.1, 0.15) is 58.3 Å². The molecule has 7 heteroatoms. The highest BCUT2D eigenvalue weighted by molar-refractivity contribution is 7.09. The maximum Gasteiger partial charge on any atom is 0.407 e. The van der Waals surface area contributed by atoms with Gasteiger partial charge in [-0.15, -0.1) is 11.3 Å². The Hall–Kier alpha value is -1.76. The standard InChI is InChI=1S/C21H36N4O2S/c1-15(13-18-7-6-12-28-18)14-23-19(22-5)24-16-8-10-17(11-9-16)25-20(26)27-21(2,3)4/h6-7,12,15-17H,8-11,13-14H2,1-5H3,(H,25,26)(H2,22,23,24). The lowest BCUT2D eigenvalue weighted by Crippen LogP contribution is -2.48. The van der Waals surface area contributed by atoms with E-state index in [2.05, 4.69) is 45.4 Å². The van der Waals surface area contributed by atoms with E-state index < -0.39 is 5.60 Å². The van der Waals surface area contributed by atoms with Crippen LogP contribution in [0.25, 0.3) is 0 Å². The normalized spacial score (nSPS) is 21.7. The maximum absolute atomic E-state index is 11.9. The molecule has 0 spiro atoms. The summed E-state index contributed by atoms with van der Waals surface area (Å²) >= 11 is 1.81. The number of hydrogen-bond acceptors (Lipinski definition) is 4. The number of carbonyl (C=O) groups is 1. The molecule has 1 amide bonds. The molecule has 0 bridgehead atoms. The van der Waals surface area contributed by atoms with E-state index in [1.807, 2.05) is 39.2 Å². The lowest BCUT2D eigenvalue weighted by molar-refractivity contribution is 0.0490. The molecule has 6 nitrogen and oxygen atoms in total. The quantitative estimate of drug-likeness (QED) is 0.492. The Kier molecular flexibility index (Phi) is 8.60. The highest BCUT2D eigenvalue weighted by Gasteiger charge is 2.25. The molecule has 28 heavy (non-hydrogen) atoms. The fraction of sp³-hybridized carbons (Fsp3) is 0.714. The van der Waals surface area contributed by atoms with E-state index in [1.54, 1.807) is 0 Å². The van der Waals surface area contributed by atoms with Gasteiger partial charge in [-0.05, 0) is 70.2 Å². The summed E-state index contributed by atoms with van der Waals surface area (Å²) in [6.45, 7) is 8.80. The number of hydrogen-bond donors (Lipinski definition) is 3. The van der Waals surface area contributed by atoms with Crippen LogP contribution in [-0.4, -0.2) is 43.3 Å². The number of thiophene rings is 1. The monoisotopic (exact) mass is 408 g/mol. The van der Waals surface area contributed by atoms with Crippen LogP contribution in [0.2, 0.25) is 0 Å². The number of alkyl carbamates (subject to hydrolysis) is 1. The number of ether oxygens (including phenoxy) is 1. The van der Waals surface area contributed by atoms with E-state index in [0.717, 1.165) is 44.6 Å². The zero-order chi connectivity index (χ0) is 20.6. The van der Waals surface area contributed by atoms with Crippen molar-refractivity contribution >= 4 is 23.4 Å². The molecule has 2 rings (SSSR count). The average Bonchev–Trinajstić information content (AvgIpc) is 3.11. The van der Waals surface area contributed by atoms with Gasteiger partial charge >= 0.3 is 6.09 Å². The first-order valence-electron chi connectivity index (χ1n) is 10.2. The topological polar surface area (TPSA) is 74.8 Å². The van der Waals surface area contributed by atoms with E-state index in [-0.39, 0.29) is 12.1 Å². The predicted octanol–water partition coefficient (Wildman–Crippen LogP) is 3.93. The van der Waals surface area contributed by atoms with Gasteiger partial charge in [-0.25, -0.2) is 4.79 Å². The molecular weight excluding hydrogens is 372 g/mol. The minimum Gasteiger partial charge on any atom is -0.444 e. The van der Waals surface area contributed by atoms with E-state index >= 15 is 0 Å². The lowest BCUT2D eigenvalue weighted by Gasteiger charge is -2.31. The Morgan fingerprint density at radius 2 is 1.89 bits per heavy atom. The number of amides is 1. The molecule has 1 aromatic heterocycles. The number of nitrogens with zero attached hydrogens (tertiary/aromatic N) is 1. The van der Waals surface area contributed by atoms with E-state index in [4.69, 9.17) is 4.74 Å². The number of nitrogens with one attached hydrogen (secondary N) is 3. The SMILES string of the molecule is CN=C(NCC(C)Cc1cccs1)NC1CCC(NC(=O)OC(C)(C)C)CC1. The van der Waals surface area contributed by atoms with Gasteiger partial charge in [-0.3, -0.25) is 4.99 Å². The molecule has 158 valence electrons. The van der Waals surface area contributed by atoms with Crippen LogP contribution >= 0.6 is 11.3 Å². The zero-order valence-corrected chi connectivity index (χ0v) is 18.7. The average molecular weight is 409 g/mol. The Morgan fingerprint density at radius 3 is 2.43 bits per heavy atom. The van der Waals surface area contributed by atoms with Gasteiger partial charge in [0, 0.05) is 30.6 Å². The molecule has 1 atom stereocenters. The van der Waals surface area contributed by atoms with Crippen molar-refractivity contribution in [1.82, 2.24) is 16.0 Å². The first-order valence-corrected chi connectivity index (χ1v) is 11.1. The number of rotatable bonds is 6. The second-order valence-corrected chi connectivity index (χ2v) is 9.71. The second kappa shape index (κ2) is 10.7. The van der Waals surface area contributed by atoms with Crippen LogP contribution in [0.5, 0.6) is 0 Å². The van der Waals surface area contributed by atoms with Crippen LogP contribution < -0.4 is 16.0 Å². The molecule has 0 saturated heterocycles. The molecular formula is C21H36N4O2S. The second-order valence-electron chi connectivity index (χ2n) is 8.68. The van der Waals surface area contributed by atoms with Gasteiger partial charge in [0.25, 0.3) is 0 Å². The van der Waals surface area contributed by atoms with Crippen molar-refractivity contribution in [3.05, 3.63) is 22.4 Å². The summed E-state index contributed by atoms with van der Waals surface area (Å²) in [5.41, 5.74) is -0.457. The van der Waals surface area contributed by atoms with Gasteiger partial charge < -0.3 is 20.7 Å². The zero-order valence-electron chi connectivity index (χ0n) is 17.9. The Morgan fingerprint density at radius 1 is 1.25 bits per heavy atom. The molecule has 1 saturated carbocycles. The van der Waals surface area contributed by atoms with Crippen molar-refractivity contribution < 1.29 is 9.53 Å². The summed E-state index contributed by atoms with van der Waals surface area (Å²) in [5, 5.41) is 12.1. The minimum absolute atomic E-state index is 0.189. The molecule has 0 radical (unpaired) electrons. The van der Waals surface area contributed by atoms with Crippen LogP contribution in [-0.2, 0) is 11.2 Å². The predicted molar refractivity (Wildman–Crippen MR) is 117 cm³/mol. The fourth-order valence-corrected chi connectivity index (χ4v) is 4.23. The third-order valence-corrected chi connectivity index (χ3v) is 5.66. The molecule has 1 heterocycles. The van der Waals surface area contributed by atoms with Gasteiger partial charge in [0.05, 0.1) is 0 Å². The summed E-state index contributed by atoms with van der Waals surface area (Å²) in [4.78, 5) is 17.7. The van der Waals surface area contributed by atoms with Crippen molar-refractivity contribution in [1.29, 1.82) is 0 Å². The summed E-state index contributed by atoms with van der Waals surface area (Å²) < 4.78 is 5.35. The first kappa shape index (κ1) is 22.5. The van der Waals surface area contributed by atoms with Gasteiger partial charge in [-0.1, -0.05) is 13.0 Å². The molecule has 1 unspecified atom stereocenters. The van der Waals surface area contributed by atoms with Crippen LogP contribution in [0.15, 0.2) is 22.5 Å².